The van der Waals surface area contributed by atoms with Crippen LogP contribution in [0.2, 0.25) is 0 Å². The van der Waals surface area contributed by atoms with E-state index in [9.17, 15) is 0 Å². The van der Waals surface area contributed by atoms with Crippen LogP contribution in [0.1, 0.15) is 11.1 Å². The molecule has 0 aliphatic heterocycles. The molecule has 1 nitrogen and oxygen atoms in total. The lowest BCUT2D eigenvalue weighted by atomic mass is 10.1. The topological polar surface area (TPSA) is 3.24 Å². The monoisotopic (exact) mass is 267 g/mol. The Bertz CT molecular complexity index is 603. The largest absolute Gasteiger partial charge is 0.378 e. The summed E-state index contributed by atoms with van der Waals surface area (Å²) in [5, 5.41) is 0. The maximum atomic E-state index is 3.24. The molecule has 2 rings (SSSR count). The first kappa shape index (κ1) is 13.6. The number of anilines is 1. The zero-order valence-corrected chi connectivity index (χ0v) is 12.3. The molecule has 0 N–H and O–H groups in total. The third-order valence-electron chi connectivity index (χ3n) is 2.83. The molecule has 0 amide bonds. The molecule has 0 heterocycles. The standard InChI is InChI=1S/C17H17NS/c1-18(2)16-12-9-14(10-13-16)8-11-15-6-4-5-7-17(15)19-3/h4-7,9-10,12-13H,1-3H3. The smallest absolute Gasteiger partial charge is 0.0384 e. The maximum Gasteiger partial charge on any atom is 0.0384 e. The van der Waals surface area contributed by atoms with E-state index < -0.39 is 0 Å². The van der Waals surface area contributed by atoms with Gasteiger partial charge in [0.2, 0.25) is 0 Å². The summed E-state index contributed by atoms with van der Waals surface area (Å²) < 4.78 is 0. The van der Waals surface area contributed by atoms with Crippen molar-refractivity contribution in [3.8, 4) is 11.8 Å². The molecule has 0 saturated carbocycles. The summed E-state index contributed by atoms with van der Waals surface area (Å²) in [5.74, 6) is 6.46. The summed E-state index contributed by atoms with van der Waals surface area (Å²) in [6, 6.07) is 16.5. The van der Waals surface area contributed by atoms with E-state index in [1.54, 1.807) is 11.8 Å². The molecule has 0 saturated heterocycles. The Morgan fingerprint density at radius 2 is 1.58 bits per heavy atom. The Morgan fingerprint density at radius 3 is 2.21 bits per heavy atom. The maximum absolute atomic E-state index is 3.24. The third kappa shape index (κ3) is 3.56. The highest BCUT2D eigenvalue weighted by Gasteiger charge is 1.96. The average Bonchev–Trinajstić information content (AvgIpc) is 2.45. The van der Waals surface area contributed by atoms with Gasteiger partial charge >= 0.3 is 0 Å². The molecule has 19 heavy (non-hydrogen) atoms. The van der Waals surface area contributed by atoms with Crippen molar-refractivity contribution in [3.63, 3.8) is 0 Å². The molecule has 0 spiro atoms. The minimum absolute atomic E-state index is 1.04. The Balaban J connectivity index is 2.24. The summed E-state index contributed by atoms with van der Waals surface area (Å²) >= 11 is 1.73. The first-order valence-electron chi connectivity index (χ1n) is 6.13. The second-order valence-electron chi connectivity index (χ2n) is 4.39. The summed E-state index contributed by atoms with van der Waals surface area (Å²) in [6.45, 7) is 0. The Kier molecular flexibility index (Phi) is 4.54. The van der Waals surface area contributed by atoms with Gasteiger partial charge in [-0.15, -0.1) is 11.8 Å². The molecule has 2 aromatic rings. The summed E-state index contributed by atoms with van der Waals surface area (Å²) in [4.78, 5) is 3.31. The number of nitrogens with zero attached hydrogens (tertiary/aromatic N) is 1. The van der Waals surface area contributed by atoms with Gasteiger partial charge in [-0.25, -0.2) is 0 Å². The summed E-state index contributed by atoms with van der Waals surface area (Å²) in [7, 11) is 4.07. The van der Waals surface area contributed by atoms with Crippen LogP contribution in [0.3, 0.4) is 0 Å². The van der Waals surface area contributed by atoms with E-state index in [-0.39, 0.29) is 0 Å². The minimum Gasteiger partial charge on any atom is -0.378 e. The van der Waals surface area contributed by atoms with Crippen LogP contribution in [0, 0.1) is 11.8 Å². The molecule has 0 bridgehead atoms. The van der Waals surface area contributed by atoms with Gasteiger partial charge in [0.15, 0.2) is 0 Å². The van der Waals surface area contributed by atoms with Gasteiger partial charge in [-0.1, -0.05) is 24.0 Å². The molecule has 2 aromatic carbocycles. The van der Waals surface area contributed by atoms with Crippen molar-refractivity contribution in [2.45, 2.75) is 4.90 Å². The van der Waals surface area contributed by atoms with Crippen molar-refractivity contribution in [1.29, 1.82) is 0 Å². The van der Waals surface area contributed by atoms with Gasteiger partial charge in [0.1, 0.15) is 0 Å². The van der Waals surface area contributed by atoms with Crippen LogP contribution in [0.4, 0.5) is 5.69 Å². The molecule has 0 atom stereocenters. The highest BCUT2D eigenvalue weighted by Crippen LogP contribution is 2.19. The molecule has 0 unspecified atom stereocenters. The lowest BCUT2D eigenvalue weighted by molar-refractivity contribution is 1.13. The quantitative estimate of drug-likeness (QED) is 0.600. The zero-order valence-electron chi connectivity index (χ0n) is 11.5. The van der Waals surface area contributed by atoms with Crippen LogP contribution in [-0.2, 0) is 0 Å². The van der Waals surface area contributed by atoms with Crippen molar-refractivity contribution in [2.75, 3.05) is 25.3 Å². The second-order valence-corrected chi connectivity index (χ2v) is 5.24. The van der Waals surface area contributed by atoms with E-state index in [0.717, 1.165) is 11.1 Å². The molecular formula is C17H17NS. The SMILES string of the molecule is CSc1ccccc1C#Cc1ccc(N(C)C)cc1. The lowest BCUT2D eigenvalue weighted by Gasteiger charge is -2.11. The zero-order chi connectivity index (χ0) is 13.7. The van der Waals surface area contributed by atoms with Crippen molar-refractivity contribution >= 4 is 17.4 Å². The van der Waals surface area contributed by atoms with E-state index in [0.29, 0.717) is 0 Å². The summed E-state index contributed by atoms with van der Waals surface area (Å²) in [5.41, 5.74) is 3.32. The minimum atomic E-state index is 1.04. The van der Waals surface area contributed by atoms with Crippen molar-refractivity contribution in [3.05, 3.63) is 59.7 Å². The molecule has 0 fully saturated rings. The number of benzene rings is 2. The lowest BCUT2D eigenvalue weighted by Crippen LogP contribution is -2.07. The fourth-order valence-electron chi connectivity index (χ4n) is 1.73. The van der Waals surface area contributed by atoms with Gasteiger partial charge in [-0.05, 0) is 42.7 Å². The van der Waals surface area contributed by atoms with Crippen LogP contribution in [-0.4, -0.2) is 20.4 Å². The molecule has 0 aliphatic rings. The highest BCUT2D eigenvalue weighted by atomic mass is 32.2. The highest BCUT2D eigenvalue weighted by molar-refractivity contribution is 7.98. The molecular weight excluding hydrogens is 250 g/mol. The van der Waals surface area contributed by atoms with E-state index in [1.165, 1.54) is 10.6 Å². The van der Waals surface area contributed by atoms with Gasteiger partial charge in [0, 0.05) is 35.8 Å². The van der Waals surface area contributed by atoms with Crippen LogP contribution >= 0.6 is 11.8 Å². The first-order valence-corrected chi connectivity index (χ1v) is 7.35. The van der Waals surface area contributed by atoms with Crippen LogP contribution in [0.25, 0.3) is 0 Å². The Hall–Kier alpha value is -1.85. The predicted molar refractivity (Wildman–Crippen MR) is 85.0 cm³/mol. The number of rotatable bonds is 2. The van der Waals surface area contributed by atoms with Gasteiger partial charge in [-0.3, -0.25) is 0 Å². The van der Waals surface area contributed by atoms with Crippen LogP contribution in [0.15, 0.2) is 53.4 Å². The number of hydrogen-bond acceptors (Lipinski definition) is 2. The van der Waals surface area contributed by atoms with E-state index in [1.807, 2.05) is 26.2 Å². The summed E-state index contributed by atoms with van der Waals surface area (Å²) in [6.07, 6.45) is 2.08. The van der Waals surface area contributed by atoms with E-state index >= 15 is 0 Å². The Morgan fingerprint density at radius 1 is 0.895 bits per heavy atom. The predicted octanol–water partition coefficient (Wildman–Crippen LogP) is 3.87. The van der Waals surface area contributed by atoms with Crippen LogP contribution < -0.4 is 4.90 Å². The van der Waals surface area contributed by atoms with Crippen molar-refractivity contribution in [1.82, 2.24) is 0 Å². The number of hydrogen-bond donors (Lipinski definition) is 0. The molecule has 96 valence electrons. The van der Waals surface area contributed by atoms with E-state index in [4.69, 9.17) is 0 Å². The van der Waals surface area contributed by atoms with Gasteiger partial charge in [0.05, 0.1) is 0 Å². The molecule has 0 radical (unpaired) electrons. The fraction of sp³-hybridized carbons (Fsp3) is 0.176. The van der Waals surface area contributed by atoms with Gasteiger partial charge < -0.3 is 4.90 Å². The fourth-order valence-corrected chi connectivity index (χ4v) is 2.28. The van der Waals surface area contributed by atoms with Gasteiger partial charge in [0.25, 0.3) is 0 Å². The second kappa shape index (κ2) is 6.36. The number of thioether (sulfide) groups is 1. The van der Waals surface area contributed by atoms with Crippen molar-refractivity contribution in [2.24, 2.45) is 0 Å². The average molecular weight is 267 g/mol. The Labute approximate surface area is 119 Å². The molecule has 0 aromatic heterocycles. The van der Waals surface area contributed by atoms with Crippen LogP contribution in [0.5, 0.6) is 0 Å². The van der Waals surface area contributed by atoms with E-state index in [2.05, 4.69) is 59.4 Å². The van der Waals surface area contributed by atoms with Gasteiger partial charge in [-0.2, -0.15) is 0 Å². The molecule has 2 heteroatoms. The first-order chi connectivity index (χ1) is 9.20. The molecule has 0 aliphatic carbocycles. The normalized spacial score (nSPS) is 9.63. The van der Waals surface area contributed by atoms with Crippen molar-refractivity contribution < 1.29 is 0 Å². The third-order valence-corrected chi connectivity index (χ3v) is 3.63.